The molecule has 2 aromatic rings. The molecule has 0 aliphatic carbocycles. The number of aromatic hydroxyl groups is 1. The molecule has 5 heteroatoms. The van der Waals surface area contributed by atoms with E-state index >= 15 is 0 Å². The number of rotatable bonds is 2. The number of alkyl halides is 1. The lowest BCUT2D eigenvalue weighted by Crippen LogP contribution is -1.94. The Morgan fingerprint density at radius 1 is 1.47 bits per heavy atom. The van der Waals surface area contributed by atoms with Crippen molar-refractivity contribution in [3.05, 3.63) is 29.8 Å². The summed E-state index contributed by atoms with van der Waals surface area (Å²) in [4.78, 5) is 11.1. The van der Waals surface area contributed by atoms with Crippen LogP contribution in [0.5, 0.6) is 5.75 Å². The molecule has 0 radical (unpaired) electrons. The number of aryl methyl sites for hydroxylation is 1. The van der Waals surface area contributed by atoms with Crippen LogP contribution in [-0.2, 0) is 5.88 Å². The summed E-state index contributed by atoms with van der Waals surface area (Å²) in [5, 5.41) is 9.90. The summed E-state index contributed by atoms with van der Waals surface area (Å²) in [5.41, 5.74) is 1.95. The van der Waals surface area contributed by atoms with Crippen LogP contribution in [0.3, 0.4) is 0 Å². The van der Waals surface area contributed by atoms with E-state index in [1.165, 1.54) is 0 Å². The highest BCUT2D eigenvalue weighted by atomic mass is 35.5. The third-order valence-corrected chi connectivity index (χ3v) is 2.48. The van der Waals surface area contributed by atoms with E-state index < -0.39 is 0 Å². The quantitative estimate of drug-likeness (QED) is 0.771. The second kappa shape index (κ2) is 3.90. The second-order valence-corrected chi connectivity index (χ2v) is 3.43. The third-order valence-electron chi connectivity index (χ3n) is 2.19. The van der Waals surface area contributed by atoms with Gasteiger partial charge in [-0.25, -0.2) is 4.98 Å². The van der Waals surface area contributed by atoms with Crippen molar-refractivity contribution in [3.63, 3.8) is 0 Å². The lowest BCUT2D eigenvalue weighted by Gasteiger charge is -2.08. The van der Waals surface area contributed by atoms with Gasteiger partial charge in [0.15, 0.2) is 0 Å². The standard InChI is InChI=1S/C10H10ClN3O/c1-6-9(15)8(7(4-11)5-14-6)10-12-2-3-13-10/h2-3,5,15H,4H2,1H3,(H,12,13)/i12+1,13+1. The Morgan fingerprint density at radius 3 is 2.87 bits per heavy atom. The molecule has 78 valence electrons. The molecule has 0 saturated heterocycles. The highest BCUT2D eigenvalue weighted by Crippen LogP contribution is 2.32. The zero-order valence-corrected chi connectivity index (χ0v) is 8.91. The summed E-state index contributed by atoms with van der Waals surface area (Å²) in [6, 6.07) is 0. The van der Waals surface area contributed by atoms with Crippen molar-refractivity contribution < 1.29 is 5.11 Å². The Bertz CT molecular complexity index is 468. The number of nitrogens with one attached hydrogen (secondary N) is 1. The first-order chi connectivity index (χ1) is 7.24. The maximum absolute atomic E-state index is 9.90. The van der Waals surface area contributed by atoms with Gasteiger partial charge in [0.2, 0.25) is 0 Å². The maximum atomic E-state index is 9.90. The molecule has 15 heavy (non-hydrogen) atoms. The van der Waals surface area contributed by atoms with Crippen LogP contribution in [0.1, 0.15) is 11.3 Å². The van der Waals surface area contributed by atoms with Crippen LogP contribution < -0.4 is 0 Å². The van der Waals surface area contributed by atoms with Gasteiger partial charge in [-0.3, -0.25) is 4.98 Å². The van der Waals surface area contributed by atoms with Gasteiger partial charge >= 0.3 is 0 Å². The monoisotopic (exact) mass is 225 g/mol. The minimum absolute atomic E-state index is 0.128. The molecule has 0 aliphatic heterocycles. The Balaban J connectivity index is 2.67. The molecule has 2 rings (SSSR count). The van der Waals surface area contributed by atoms with Crippen molar-refractivity contribution in [3.8, 4) is 17.1 Å². The maximum Gasteiger partial charge on any atom is 0.148 e. The van der Waals surface area contributed by atoms with E-state index in [0.717, 1.165) is 5.56 Å². The van der Waals surface area contributed by atoms with Gasteiger partial charge in [-0.05, 0) is 12.5 Å². The van der Waals surface area contributed by atoms with Crippen LogP contribution in [0.15, 0.2) is 18.6 Å². The molecule has 2 N–H and O–H groups in total. The van der Waals surface area contributed by atoms with Crippen LogP contribution in [0.4, 0.5) is 0 Å². The SMILES string of the molecule is Cc1ncc(CCl)c(-c2[15n]cc[15nH]2)c1O. The fourth-order valence-corrected chi connectivity index (χ4v) is 1.60. The van der Waals surface area contributed by atoms with Gasteiger partial charge in [-0.2, -0.15) is 0 Å². The predicted molar refractivity (Wildman–Crippen MR) is 57.8 cm³/mol. The topological polar surface area (TPSA) is 61.8 Å². The number of H-pyrrole nitrogens is 1. The van der Waals surface area contributed by atoms with Gasteiger partial charge in [0.25, 0.3) is 0 Å². The predicted octanol–water partition coefficient (Wildman–Crippen LogP) is 2.22. The van der Waals surface area contributed by atoms with Gasteiger partial charge in [-0.15, -0.1) is 11.6 Å². The molecule has 0 unspecified atom stereocenters. The zero-order chi connectivity index (χ0) is 10.8. The number of imidazole rings is 1. The smallest absolute Gasteiger partial charge is 0.148 e. The minimum Gasteiger partial charge on any atom is -0.505 e. The first-order valence-electron chi connectivity index (χ1n) is 4.47. The van der Waals surface area contributed by atoms with Gasteiger partial charge in [0.05, 0.1) is 11.3 Å². The molecule has 0 bridgehead atoms. The first kappa shape index (κ1) is 9.98. The van der Waals surface area contributed by atoms with E-state index in [1.54, 1.807) is 25.5 Å². The Morgan fingerprint density at radius 2 is 2.27 bits per heavy atom. The summed E-state index contributed by atoms with van der Waals surface area (Å²) < 4.78 is 0. The fourth-order valence-electron chi connectivity index (χ4n) is 1.40. The number of hydrogen-bond donors (Lipinski definition) is 2. The summed E-state index contributed by atoms with van der Waals surface area (Å²) in [6.45, 7) is 1.74. The average Bonchev–Trinajstić information content (AvgIpc) is 2.75. The van der Waals surface area contributed by atoms with Crippen molar-refractivity contribution in [1.82, 2.24) is 15.0 Å². The lowest BCUT2D eigenvalue weighted by molar-refractivity contribution is 0.468. The van der Waals surface area contributed by atoms with E-state index in [4.69, 9.17) is 11.6 Å². The van der Waals surface area contributed by atoms with E-state index in [1.807, 2.05) is 0 Å². The molecule has 2 aromatic heterocycles. The van der Waals surface area contributed by atoms with E-state index in [2.05, 4.69) is 15.0 Å². The molecule has 2 heterocycles. The zero-order valence-electron chi connectivity index (χ0n) is 8.16. The number of aromatic amines is 1. The molecular formula is C10H10ClN3O. The first-order valence-corrected chi connectivity index (χ1v) is 5.00. The minimum atomic E-state index is 0.128. The van der Waals surface area contributed by atoms with Crippen molar-refractivity contribution >= 4 is 11.6 Å². The van der Waals surface area contributed by atoms with Crippen molar-refractivity contribution in [2.45, 2.75) is 12.8 Å². The van der Waals surface area contributed by atoms with Crippen LogP contribution in [0.25, 0.3) is 11.4 Å². The number of pyridine rings is 1. The van der Waals surface area contributed by atoms with Crippen LogP contribution in [-0.4, -0.2) is 20.1 Å². The molecule has 0 atom stereocenters. The second-order valence-electron chi connectivity index (χ2n) is 3.16. The number of halogens is 1. The third kappa shape index (κ3) is 1.68. The number of nitrogens with zero attached hydrogens (tertiary/aromatic N) is 2. The average molecular weight is 226 g/mol. The molecule has 0 aromatic carbocycles. The van der Waals surface area contributed by atoms with Crippen LogP contribution in [0, 0.1) is 6.92 Å². The van der Waals surface area contributed by atoms with Crippen LogP contribution >= 0.6 is 11.6 Å². The molecule has 0 fully saturated rings. The van der Waals surface area contributed by atoms with Gasteiger partial charge in [0, 0.05) is 24.5 Å². The molecule has 0 aliphatic rings. The molecule has 0 amide bonds. The largest absolute Gasteiger partial charge is 0.505 e. The van der Waals surface area contributed by atoms with Crippen molar-refractivity contribution in [1.29, 1.82) is 0 Å². The van der Waals surface area contributed by atoms with Crippen molar-refractivity contribution in [2.24, 2.45) is 0 Å². The summed E-state index contributed by atoms with van der Waals surface area (Å²) in [7, 11) is 0. The molecular weight excluding hydrogens is 216 g/mol. The number of aromatic nitrogens is 3. The number of hydrogen-bond acceptors (Lipinski definition) is 3. The van der Waals surface area contributed by atoms with Gasteiger partial charge < -0.3 is 10.1 Å². The van der Waals surface area contributed by atoms with E-state index in [9.17, 15) is 5.11 Å². The highest BCUT2D eigenvalue weighted by Gasteiger charge is 2.14. The fraction of sp³-hybridized carbons (Fsp3) is 0.200. The highest BCUT2D eigenvalue weighted by molar-refractivity contribution is 6.17. The summed E-state index contributed by atoms with van der Waals surface area (Å²) in [5.74, 6) is 1.02. The Kier molecular flexibility index (Phi) is 2.60. The Labute approximate surface area is 92.0 Å². The molecule has 0 spiro atoms. The van der Waals surface area contributed by atoms with Gasteiger partial charge in [0.1, 0.15) is 11.6 Å². The van der Waals surface area contributed by atoms with Crippen LogP contribution in [0.2, 0.25) is 0 Å². The molecule has 4 nitrogen and oxygen atoms in total. The Hall–Kier alpha value is -1.55. The summed E-state index contributed by atoms with van der Waals surface area (Å²) >= 11 is 5.78. The van der Waals surface area contributed by atoms with Gasteiger partial charge in [-0.1, -0.05) is 0 Å². The lowest BCUT2D eigenvalue weighted by atomic mass is 10.1. The van der Waals surface area contributed by atoms with E-state index in [0.29, 0.717) is 17.1 Å². The van der Waals surface area contributed by atoms with Crippen molar-refractivity contribution in [2.75, 3.05) is 0 Å². The normalized spacial score (nSPS) is 10.5. The molecule has 0 saturated carbocycles. The summed E-state index contributed by atoms with van der Waals surface area (Å²) in [6.07, 6.45) is 4.98. The van der Waals surface area contributed by atoms with E-state index in [-0.39, 0.29) is 11.6 Å².